The molecule has 3 aromatic rings. The SMILES string of the molecule is CCN(c1cccc(N(CC)[Si]2N(C(C)(C)C)CC(c3ccccc3)=[N+]2C(C)(C)C)n1)[Si]1N(C(C)(C)C)CC(c2ccccc2)=[N+]1C(C)(C)C. The van der Waals surface area contributed by atoms with Gasteiger partial charge in [-0.3, -0.25) is 8.48 Å². The Hall–Kier alpha value is -3.12. The van der Waals surface area contributed by atoms with E-state index in [0.29, 0.717) is 0 Å². The van der Waals surface area contributed by atoms with E-state index in [9.17, 15) is 0 Å². The number of hydrogen-bond acceptors (Lipinski definition) is 5. The molecule has 0 bridgehead atoms. The lowest BCUT2D eigenvalue weighted by molar-refractivity contribution is -0.477. The number of benzene rings is 2. The van der Waals surface area contributed by atoms with Crippen LogP contribution in [0.4, 0.5) is 11.6 Å². The molecule has 2 radical (unpaired) electrons. The van der Waals surface area contributed by atoms with Crippen LogP contribution in [0.1, 0.15) is 108 Å². The second-order valence-corrected chi connectivity index (χ2v) is 21.8. The van der Waals surface area contributed by atoms with Gasteiger partial charge in [0.2, 0.25) is 0 Å². The lowest BCUT2D eigenvalue weighted by Crippen LogP contribution is -2.65. The highest BCUT2D eigenvalue weighted by atomic mass is 28.3. The number of anilines is 2. The molecule has 0 aliphatic carbocycles. The van der Waals surface area contributed by atoms with Gasteiger partial charge >= 0.3 is 18.6 Å². The molecule has 0 amide bonds. The molecule has 0 N–H and O–H groups in total. The second kappa shape index (κ2) is 14.1. The van der Waals surface area contributed by atoms with Gasteiger partial charge in [0.1, 0.15) is 22.7 Å². The first-order valence-corrected chi connectivity index (χ1v) is 21.2. The van der Waals surface area contributed by atoms with Crippen LogP contribution in [0.2, 0.25) is 0 Å². The minimum Gasteiger partial charge on any atom is -0.311 e. The van der Waals surface area contributed by atoms with Crippen LogP contribution in [0, 0.1) is 0 Å². The van der Waals surface area contributed by atoms with Crippen molar-refractivity contribution in [2.24, 2.45) is 0 Å². The molecule has 1 aromatic heterocycles. The van der Waals surface area contributed by atoms with Crippen molar-refractivity contribution in [3.05, 3.63) is 90.0 Å². The summed E-state index contributed by atoms with van der Waals surface area (Å²) in [5.74, 6) is 2.13. The zero-order chi connectivity index (χ0) is 36.8. The third kappa shape index (κ3) is 7.57. The number of aromatic nitrogens is 1. The van der Waals surface area contributed by atoms with Gasteiger partial charge in [0.25, 0.3) is 0 Å². The molecule has 268 valence electrons. The first-order chi connectivity index (χ1) is 23.3. The van der Waals surface area contributed by atoms with Gasteiger partial charge in [0.05, 0.1) is 13.1 Å². The molecule has 2 aliphatic heterocycles. The van der Waals surface area contributed by atoms with E-state index >= 15 is 0 Å². The van der Waals surface area contributed by atoms with Crippen molar-refractivity contribution >= 4 is 41.6 Å². The number of nitrogens with zero attached hydrogens (tertiary/aromatic N) is 7. The summed E-state index contributed by atoms with van der Waals surface area (Å²) in [5, 5.41) is 0. The van der Waals surface area contributed by atoms with Crippen molar-refractivity contribution in [3.8, 4) is 0 Å². The molecule has 3 heterocycles. The van der Waals surface area contributed by atoms with Crippen LogP contribution in [0.5, 0.6) is 0 Å². The zero-order valence-corrected chi connectivity index (χ0v) is 35.5. The second-order valence-electron chi connectivity index (χ2n) is 17.6. The molecule has 0 unspecified atom stereocenters. The van der Waals surface area contributed by atoms with Crippen molar-refractivity contribution in [1.82, 2.24) is 14.1 Å². The van der Waals surface area contributed by atoms with Crippen LogP contribution < -0.4 is 9.13 Å². The van der Waals surface area contributed by atoms with E-state index in [4.69, 9.17) is 4.98 Å². The number of rotatable bonds is 8. The molecular formula is C41H63N7Si2+2. The van der Waals surface area contributed by atoms with Gasteiger partial charge in [-0.2, -0.15) is 0 Å². The van der Waals surface area contributed by atoms with Crippen LogP contribution >= 0.6 is 0 Å². The standard InChI is InChI=1S/C41H63N7Si2/c1-15-43(49-45(38(3,4)5)30-34(47(49)40(9,10)11)32-24-19-17-20-25-32)36-28-23-29-37(42-36)44(16-2)50-46(39(6,7)8)31-35(48(50)41(12,13)14)33-26-21-18-22-27-33/h17-29H,15-16,30-31H2,1-14H3/q+2. The van der Waals surface area contributed by atoms with E-state index in [-0.39, 0.29) is 22.2 Å². The minimum atomic E-state index is -1.45. The fourth-order valence-electron chi connectivity index (χ4n) is 7.31. The Morgan fingerprint density at radius 1 is 0.540 bits per heavy atom. The molecule has 9 heteroatoms. The number of hydrogen-bond donors (Lipinski definition) is 0. The average molecular weight is 710 g/mol. The average Bonchev–Trinajstić information content (AvgIpc) is 3.64. The Bertz CT molecular complexity index is 1570. The molecule has 0 spiro atoms. The van der Waals surface area contributed by atoms with E-state index in [1.165, 1.54) is 22.6 Å². The van der Waals surface area contributed by atoms with E-state index < -0.39 is 18.6 Å². The monoisotopic (exact) mass is 709 g/mol. The largest absolute Gasteiger partial charge is 0.665 e. The molecule has 0 saturated heterocycles. The van der Waals surface area contributed by atoms with Gasteiger partial charge in [-0.1, -0.05) is 42.5 Å². The Kier molecular flexibility index (Phi) is 10.8. The van der Waals surface area contributed by atoms with Crippen molar-refractivity contribution in [2.75, 3.05) is 35.3 Å². The molecule has 0 atom stereocenters. The fraction of sp³-hybridized carbons (Fsp3) is 0.537. The summed E-state index contributed by atoms with van der Waals surface area (Å²) in [6, 6.07) is 28.8. The first kappa shape index (κ1) is 38.1. The summed E-state index contributed by atoms with van der Waals surface area (Å²) in [4.78, 5) is 5.64. The van der Waals surface area contributed by atoms with Crippen molar-refractivity contribution < 1.29 is 8.48 Å². The lowest BCUT2D eigenvalue weighted by atomic mass is 10.0. The Morgan fingerprint density at radius 3 is 1.16 bits per heavy atom. The third-order valence-corrected chi connectivity index (χ3v) is 17.0. The van der Waals surface area contributed by atoms with E-state index in [1.807, 2.05) is 0 Å². The number of pyridine rings is 1. The van der Waals surface area contributed by atoms with Crippen LogP contribution in [-0.2, 0) is 0 Å². The van der Waals surface area contributed by atoms with Crippen molar-refractivity contribution in [1.29, 1.82) is 0 Å². The van der Waals surface area contributed by atoms with Crippen LogP contribution in [-0.4, -0.2) is 101 Å². The predicted molar refractivity (Wildman–Crippen MR) is 216 cm³/mol. The minimum absolute atomic E-state index is 0.0200. The third-order valence-electron chi connectivity index (χ3n) is 9.60. The zero-order valence-electron chi connectivity index (χ0n) is 33.5. The molecule has 2 aromatic carbocycles. The Morgan fingerprint density at radius 2 is 0.880 bits per heavy atom. The summed E-state index contributed by atoms with van der Waals surface area (Å²) in [7, 11) is -2.91. The van der Waals surface area contributed by atoms with Crippen molar-refractivity contribution in [3.63, 3.8) is 0 Å². The van der Waals surface area contributed by atoms with Gasteiger partial charge in [0, 0.05) is 35.3 Å². The van der Waals surface area contributed by atoms with Crippen molar-refractivity contribution in [2.45, 2.75) is 119 Å². The maximum atomic E-state index is 5.64. The molecular weight excluding hydrogens is 647 g/mol. The highest BCUT2D eigenvalue weighted by Crippen LogP contribution is 2.34. The summed E-state index contributed by atoms with van der Waals surface area (Å²) >= 11 is 0. The summed E-state index contributed by atoms with van der Waals surface area (Å²) in [6.45, 7) is 36.7. The molecule has 7 nitrogen and oxygen atoms in total. The predicted octanol–water partition coefficient (Wildman–Crippen LogP) is 7.53. The maximum Gasteiger partial charge on any atom is 0.665 e. The fourth-order valence-corrected chi connectivity index (χ4v) is 13.9. The van der Waals surface area contributed by atoms with Gasteiger partial charge in [-0.15, -0.1) is 0 Å². The summed E-state index contributed by atoms with van der Waals surface area (Å²) < 4.78 is 16.3. The van der Waals surface area contributed by atoms with E-state index in [0.717, 1.165) is 37.8 Å². The quantitative estimate of drug-likeness (QED) is 0.226. The van der Waals surface area contributed by atoms with Crippen LogP contribution in [0.15, 0.2) is 78.9 Å². The van der Waals surface area contributed by atoms with Crippen LogP contribution in [0.3, 0.4) is 0 Å². The normalized spacial score (nSPS) is 17.7. The summed E-state index contributed by atoms with van der Waals surface area (Å²) in [5.41, 5.74) is 5.27. The molecule has 0 saturated carbocycles. The van der Waals surface area contributed by atoms with E-state index in [1.54, 1.807) is 0 Å². The Labute approximate surface area is 307 Å². The summed E-state index contributed by atoms with van der Waals surface area (Å²) in [6.07, 6.45) is 0. The molecule has 5 rings (SSSR count). The van der Waals surface area contributed by atoms with Crippen LogP contribution in [0.25, 0.3) is 0 Å². The smallest absolute Gasteiger partial charge is 0.311 e. The highest BCUT2D eigenvalue weighted by Gasteiger charge is 2.60. The molecule has 2 aliphatic rings. The molecule has 50 heavy (non-hydrogen) atoms. The Balaban J connectivity index is 1.67. The molecule has 0 fully saturated rings. The lowest BCUT2D eigenvalue weighted by Gasteiger charge is -2.38. The van der Waals surface area contributed by atoms with Gasteiger partial charge in [-0.05, 0) is 133 Å². The van der Waals surface area contributed by atoms with Gasteiger partial charge < -0.3 is 9.13 Å². The first-order valence-electron chi connectivity index (χ1n) is 18.5. The maximum absolute atomic E-state index is 5.64. The van der Waals surface area contributed by atoms with E-state index in [2.05, 4.69) is 203 Å². The highest BCUT2D eigenvalue weighted by molar-refractivity contribution is 6.56. The topological polar surface area (TPSA) is 31.9 Å². The van der Waals surface area contributed by atoms with Gasteiger partial charge in [-0.25, -0.2) is 14.1 Å². The van der Waals surface area contributed by atoms with Gasteiger partial charge in [0.15, 0.2) is 11.4 Å².